The SMILES string of the molecule is C#CC(C)OC(=O)CCC(=O)OC(C)CCCC. The molecule has 102 valence electrons. The smallest absolute Gasteiger partial charge is 0.307 e. The fourth-order valence-corrected chi connectivity index (χ4v) is 1.33. The summed E-state index contributed by atoms with van der Waals surface area (Å²) in [6.45, 7) is 5.53. The van der Waals surface area contributed by atoms with E-state index in [1.165, 1.54) is 0 Å². The molecule has 4 heteroatoms. The predicted molar refractivity (Wildman–Crippen MR) is 68.7 cm³/mol. The monoisotopic (exact) mass is 254 g/mol. The molecule has 0 fully saturated rings. The van der Waals surface area contributed by atoms with Crippen LogP contribution in [0, 0.1) is 12.3 Å². The number of terminal acetylenes is 1. The molecule has 0 aromatic carbocycles. The highest BCUT2D eigenvalue weighted by atomic mass is 16.5. The van der Waals surface area contributed by atoms with E-state index < -0.39 is 12.1 Å². The van der Waals surface area contributed by atoms with E-state index in [2.05, 4.69) is 12.8 Å². The Hall–Kier alpha value is -1.50. The molecule has 0 aliphatic heterocycles. The van der Waals surface area contributed by atoms with Crippen molar-refractivity contribution in [2.45, 2.75) is 65.1 Å². The van der Waals surface area contributed by atoms with Crippen molar-refractivity contribution in [2.24, 2.45) is 0 Å². The van der Waals surface area contributed by atoms with Crippen molar-refractivity contribution >= 4 is 11.9 Å². The highest BCUT2D eigenvalue weighted by molar-refractivity contribution is 5.77. The van der Waals surface area contributed by atoms with E-state index in [1.54, 1.807) is 6.92 Å². The quantitative estimate of drug-likeness (QED) is 0.493. The fraction of sp³-hybridized carbons (Fsp3) is 0.714. The molecule has 2 unspecified atom stereocenters. The molecular formula is C14H22O4. The van der Waals surface area contributed by atoms with Crippen LogP contribution >= 0.6 is 0 Å². The molecular weight excluding hydrogens is 232 g/mol. The number of hydrogen-bond acceptors (Lipinski definition) is 4. The number of esters is 2. The second-order valence-corrected chi connectivity index (χ2v) is 4.24. The van der Waals surface area contributed by atoms with Gasteiger partial charge in [0.05, 0.1) is 18.9 Å². The molecule has 0 heterocycles. The normalized spacial score (nSPS) is 13.2. The first-order chi connectivity index (χ1) is 8.49. The van der Waals surface area contributed by atoms with Crippen LogP contribution in [-0.4, -0.2) is 24.1 Å². The van der Waals surface area contributed by atoms with Crippen molar-refractivity contribution in [2.75, 3.05) is 0 Å². The van der Waals surface area contributed by atoms with Crippen molar-refractivity contribution in [1.29, 1.82) is 0 Å². The highest BCUT2D eigenvalue weighted by Gasteiger charge is 2.13. The van der Waals surface area contributed by atoms with Gasteiger partial charge in [0, 0.05) is 0 Å². The zero-order valence-corrected chi connectivity index (χ0v) is 11.4. The third-order valence-electron chi connectivity index (χ3n) is 2.37. The van der Waals surface area contributed by atoms with Crippen LogP contribution in [-0.2, 0) is 19.1 Å². The van der Waals surface area contributed by atoms with Crippen LogP contribution in [0.2, 0.25) is 0 Å². The zero-order valence-electron chi connectivity index (χ0n) is 11.4. The van der Waals surface area contributed by atoms with Crippen LogP contribution in [0.1, 0.15) is 52.9 Å². The summed E-state index contributed by atoms with van der Waals surface area (Å²) in [5.41, 5.74) is 0. The summed E-state index contributed by atoms with van der Waals surface area (Å²) >= 11 is 0. The first-order valence-electron chi connectivity index (χ1n) is 6.34. The van der Waals surface area contributed by atoms with Gasteiger partial charge in [-0.15, -0.1) is 6.42 Å². The van der Waals surface area contributed by atoms with E-state index in [1.807, 2.05) is 6.92 Å². The Bertz CT molecular complexity index is 303. The molecule has 0 saturated heterocycles. The number of rotatable bonds is 8. The van der Waals surface area contributed by atoms with E-state index in [9.17, 15) is 9.59 Å². The zero-order chi connectivity index (χ0) is 14.0. The minimum Gasteiger partial charge on any atom is -0.463 e. The van der Waals surface area contributed by atoms with Crippen LogP contribution in [0.15, 0.2) is 0 Å². The number of unbranched alkanes of at least 4 members (excludes halogenated alkanes) is 1. The molecule has 0 aromatic rings. The molecule has 0 rings (SSSR count). The van der Waals surface area contributed by atoms with Gasteiger partial charge in [0.25, 0.3) is 0 Å². The van der Waals surface area contributed by atoms with Gasteiger partial charge >= 0.3 is 11.9 Å². The number of carbonyl (C=O) groups excluding carboxylic acids is 2. The molecule has 0 amide bonds. The molecule has 0 spiro atoms. The lowest BCUT2D eigenvalue weighted by Gasteiger charge is -2.12. The molecule has 0 bridgehead atoms. The Balaban J connectivity index is 3.76. The maximum absolute atomic E-state index is 11.4. The lowest BCUT2D eigenvalue weighted by molar-refractivity contribution is -0.154. The van der Waals surface area contributed by atoms with Crippen LogP contribution in [0.3, 0.4) is 0 Å². The van der Waals surface area contributed by atoms with E-state index in [0.717, 1.165) is 19.3 Å². The fourth-order valence-electron chi connectivity index (χ4n) is 1.33. The van der Waals surface area contributed by atoms with E-state index in [4.69, 9.17) is 15.9 Å². The Morgan fingerprint density at radius 1 is 1.17 bits per heavy atom. The summed E-state index contributed by atoms with van der Waals surface area (Å²) < 4.78 is 9.98. The lowest BCUT2D eigenvalue weighted by Crippen LogP contribution is -2.18. The Morgan fingerprint density at radius 3 is 2.22 bits per heavy atom. The summed E-state index contributed by atoms with van der Waals surface area (Å²) in [6, 6.07) is 0. The summed E-state index contributed by atoms with van der Waals surface area (Å²) in [4.78, 5) is 22.7. The maximum Gasteiger partial charge on any atom is 0.307 e. The second-order valence-electron chi connectivity index (χ2n) is 4.24. The summed E-state index contributed by atoms with van der Waals surface area (Å²) in [5.74, 6) is 1.43. The molecule has 2 atom stereocenters. The maximum atomic E-state index is 11.4. The van der Waals surface area contributed by atoms with Crippen LogP contribution in [0.5, 0.6) is 0 Å². The van der Waals surface area contributed by atoms with Crippen molar-refractivity contribution in [3.05, 3.63) is 0 Å². The average Bonchev–Trinajstić information content (AvgIpc) is 2.33. The van der Waals surface area contributed by atoms with Gasteiger partial charge in [0.15, 0.2) is 6.10 Å². The van der Waals surface area contributed by atoms with Crippen molar-refractivity contribution in [1.82, 2.24) is 0 Å². The van der Waals surface area contributed by atoms with Gasteiger partial charge in [0.1, 0.15) is 0 Å². The lowest BCUT2D eigenvalue weighted by atomic mass is 10.2. The first-order valence-corrected chi connectivity index (χ1v) is 6.34. The van der Waals surface area contributed by atoms with Crippen LogP contribution in [0.25, 0.3) is 0 Å². The van der Waals surface area contributed by atoms with Crippen molar-refractivity contribution in [3.8, 4) is 12.3 Å². The minimum atomic E-state index is -0.558. The van der Waals surface area contributed by atoms with Crippen LogP contribution < -0.4 is 0 Å². The van der Waals surface area contributed by atoms with Crippen molar-refractivity contribution < 1.29 is 19.1 Å². The van der Waals surface area contributed by atoms with Gasteiger partial charge in [-0.2, -0.15) is 0 Å². The molecule has 0 saturated carbocycles. The Morgan fingerprint density at radius 2 is 1.72 bits per heavy atom. The summed E-state index contributed by atoms with van der Waals surface area (Å²) in [6.07, 6.45) is 7.39. The molecule has 0 aromatic heterocycles. The Labute approximate surface area is 109 Å². The van der Waals surface area contributed by atoms with Gasteiger partial charge in [0.2, 0.25) is 0 Å². The third kappa shape index (κ3) is 8.63. The number of hydrogen-bond donors (Lipinski definition) is 0. The molecule has 0 aliphatic rings. The largest absolute Gasteiger partial charge is 0.463 e. The second kappa shape index (κ2) is 9.52. The van der Waals surface area contributed by atoms with Gasteiger partial charge < -0.3 is 9.47 Å². The minimum absolute atomic E-state index is 0.00531. The van der Waals surface area contributed by atoms with Crippen molar-refractivity contribution in [3.63, 3.8) is 0 Å². The number of carbonyl (C=O) groups is 2. The Kier molecular flexibility index (Phi) is 8.73. The number of ether oxygens (including phenoxy) is 2. The van der Waals surface area contributed by atoms with Crippen LogP contribution in [0.4, 0.5) is 0 Å². The van der Waals surface area contributed by atoms with Gasteiger partial charge in [-0.3, -0.25) is 9.59 Å². The summed E-state index contributed by atoms with van der Waals surface area (Å²) in [5, 5.41) is 0. The average molecular weight is 254 g/mol. The highest BCUT2D eigenvalue weighted by Crippen LogP contribution is 2.06. The van der Waals surface area contributed by atoms with E-state index >= 15 is 0 Å². The van der Waals surface area contributed by atoms with Gasteiger partial charge in [-0.25, -0.2) is 0 Å². The third-order valence-corrected chi connectivity index (χ3v) is 2.37. The molecule has 4 nitrogen and oxygen atoms in total. The summed E-state index contributed by atoms with van der Waals surface area (Å²) in [7, 11) is 0. The standard InChI is InChI=1S/C14H22O4/c1-5-7-8-12(4)18-14(16)10-9-13(15)17-11(3)6-2/h2,11-12H,5,7-10H2,1,3-4H3. The van der Waals surface area contributed by atoms with E-state index in [-0.39, 0.29) is 24.9 Å². The topological polar surface area (TPSA) is 52.6 Å². The van der Waals surface area contributed by atoms with Gasteiger partial charge in [-0.1, -0.05) is 25.7 Å². The van der Waals surface area contributed by atoms with Gasteiger partial charge in [-0.05, 0) is 20.3 Å². The van der Waals surface area contributed by atoms with E-state index in [0.29, 0.717) is 0 Å². The molecule has 0 aliphatic carbocycles. The predicted octanol–water partition coefficient (Wildman–Crippen LogP) is 2.45. The molecule has 0 N–H and O–H groups in total. The molecule has 0 radical (unpaired) electrons. The molecule has 18 heavy (non-hydrogen) atoms. The first kappa shape index (κ1) is 16.5.